The molecule has 0 aromatic heterocycles. The summed E-state index contributed by atoms with van der Waals surface area (Å²) in [7, 11) is -2.19. The summed E-state index contributed by atoms with van der Waals surface area (Å²) in [6, 6.07) is 22.7. The molecule has 0 aliphatic heterocycles. The Labute approximate surface area is 193 Å². The van der Waals surface area contributed by atoms with Gasteiger partial charge in [0.1, 0.15) is 0 Å². The second-order valence-corrected chi connectivity index (χ2v) is 9.40. The zero-order valence-corrected chi connectivity index (χ0v) is 19.3. The van der Waals surface area contributed by atoms with E-state index in [-0.39, 0.29) is 15.9 Å². The molecule has 3 aromatic carbocycles. The van der Waals surface area contributed by atoms with Crippen LogP contribution in [0.5, 0.6) is 0 Å². The summed E-state index contributed by atoms with van der Waals surface area (Å²) in [5.41, 5.74) is 3.17. The molecule has 0 fully saturated rings. The lowest BCUT2D eigenvalue weighted by atomic mass is 10.1. The predicted molar refractivity (Wildman–Crippen MR) is 133 cm³/mol. The summed E-state index contributed by atoms with van der Waals surface area (Å²) in [5.74, 6) is -0.369. The average molecular weight is 466 g/mol. The van der Waals surface area contributed by atoms with Crippen molar-refractivity contribution in [1.82, 2.24) is 5.32 Å². The van der Waals surface area contributed by atoms with E-state index >= 15 is 0 Å². The molecule has 0 aliphatic rings. The number of benzene rings is 3. The summed E-state index contributed by atoms with van der Waals surface area (Å²) in [6.07, 6.45) is 3.09. The van der Waals surface area contributed by atoms with Crippen LogP contribution in [0.1, 0.15) is 11.1 Å². The van der Waals surface area contributed by atoms with Crippen molar-refractivity contribution in [2.75, 3.05) is 16.7 Å². The lowest BCUT2D eigenvalue weighted by Crippen LogP contribution is -2.32. The Bertz CT molecular complexity index is 1220. The van der Waals surface area contributed by atoms with Crippen LogP contribution in [0.2, 0.25) is 0 Å². The van der Waals surface area contributed by atoms with Gasteiger partial charge >= 0.3 is 0 Å². The zero-order chi connectivity index (χ0) is 23.1. The number of carbonyl (C=O) groups excluding carboxylic acids is 1. The number of nitrogens with zero attached hydrogens (tertiary/aromatic N) is 1. The van der Waals surface area contributed by atoms with Crippen LogP contribution in [0.4, 0.5) is 11.4 Å². The van der Waals surface area contributed by atoms with E-state index in [1.807, 2.05) is 37.3 Å². The second-order valence-electron chi connectivity index (χ2n) is 7.02. The van der Waals surface area contributed by atoms with Crippen molar-refractivity contribution in [3.63, 3.8) is 0 Å². The van der Waals surface area contributed by atoms with Gasteiger partial charge in [0.15, 0.2) is 5.11 Å². The first-order valence-corrected chi connectivity index (χ1v) is 11.6. The zero-order valence-electron chi connectivity index (χ0n) is 17.6. The first-order chi connectivity index (χ1) is 15.3. The quantitative estimate of drug-likeness (QED) is 0.418. The third-order valence-corrected chi connectivity index (χ3v) is 6.64. The second kappa shape index (κ2) is 10.2. The molecule has 0 spiro atoms. The van der Waals surface area contributed by atoms with E-state index < -0.39 is 10.0 Å². The maximum Gasteiger partial charge on any atom is 0.264 e. The largest absolute Gasteiger partial charge is 0.332 e. The third kappa shape index (κ3) is 6.03. The van der Waals surface area contributed by atoms with Crippen LogP contribution in [-0.4, -0.2) is 26.5 Å². The summed E-state index contributed by atoms with van der Waals surface area (Å²) >= 11 is 5.17. The Kier molecular flexibility index (Phi) is 7.40. The Hall–Kier alpha value is -3.49. The standard InChI is InChI=1S/C24H23N3O3S2/c1-18-8-10-19(11-9-18)12-17-23(28)26-24(31)25-20-13-15-22(16-14-20)32(29,30)27(2)21-6-4-3-5-7-21/h3-17H,1-2H3,(H2,25,26,28,31)/b17-12-. The van der Waals surface area contributed by atoms with Gasteiger partial charge in [0.2, 0.25) is 5.91 Å². The van der Waals surface area contributed by atoms with Gasteiger partial charge in [-0.25, -0.2) is 8.42 Å². The molecule has 0 heterocycles. The number of rotatable bonds is 6. The number of sulfonamides is 1. The van der Waals surface area contributed by atoms with Crippen molar-refractivity contribution >= 4 is 50.7 Å². The molecule has 32 heavy (non-hydrogen) atoms. The number of nitrogens with one attached hydrogen (secondary N) is 2. The normalized spacial score (nSPS) is 11.2. The van der Waals surface area contributed by atoms with Crippen molar-refractivity contribution in [3.8, 4) is 0 Å². The van der Waals surface area contributed by atoms with Gasteiger partial charge < -0.3 is 5.32 Å². The smallest absolute Gasteiger partial charge is 0.264 e. The molecule has 8 heteroatoms. The van der Waals surface area contributed by atoms with Gasteiger partial charge in [0.05, 0.1) is 10.6 Å². The Morgan fingerprint density at radius 1 is 0.938 bits per heavy atom. The van der Waals surface area contributed by atoms with Gasteiger partial charge in [0.25, 0.3) is 10.0 Å². The fourth-order valence-corrected chi connectivity index (χ4v) is 4.22. The average Bonchev–Trinajstić information content (AvgIpc) is 2.79. The highest BCUT2D eigenvalue weighted by Gasteiger charge is 2.21. The summed E-state index contributed by atoms with van der Waals surface area (Å²) < 4.78 is 26.9. The summed E-state index contributed by atoms with van der Waals surface area (Å²) in [5, 5.41) is 5.55. The lowest BCUT2D eigenvalue weighted by Gasteiger charge is -2.19. The molecule has 6 nitrogen and oxygen atoms in total. The SMILES string of the molecule is Cc1ccc(/C=C\C(=O)NC(=S)Nc2ccc(S(=O)(=O)N(C)c3ccccc3)cc2)cc1. The molecule has 0 radical (unpaired) electrons. The van der Waals surface area contributed by atoms with Gasteiger partial charge in [-0.1, -0.05) is 48.0 Å². The number of hydrogen-bond donors (Lipinski definition) is 2. The first-order valence-electron chi connectivity index (χ1n) is 9.76. The van der Waals surface area contributed by atoms with Crippen LogP contribution in [0.3, 0.4) is 0 Å². The molecule has 0 bridgehead atoms. The number of aryl methyl sites for hydroxylation is 1. The Morgan fingerprint density at radius 3 is 2.19 bits per heavy atom. The van der Waals surface area contributed by atoms with Crippen LogP contribution in [0, 0.1) is 6.92 Å². The Balaban J connectivity index is 1.59. The summed E-state index contributed by atoms with van der Waals surface area (Å²) in [6.45, 7) is 1.99. The molecule has 0 atom stereocenters. The molecule has 3 aromatic rings. The van der Waals surface area contributed by atoms with Crippen molar-refractivity contribution in [2.45, 2.75) is 11.8 Å². The molecular weight excluding hydrogens is 442 g/mol. The van der Waals surface area contributed by atoms with E-state index in [4.69, 9.17) is 12.2 Å². The van der Waals surface area contributed by atoms with E-state index in [9.17, 15) is 13.2 Å². The van der Waals surface area contributed by atoms with E-state index in [0.717, 1.165) is 11.1 Å². The van der Waals surface area contributed by atoms with E-state index in [2.05, 4.69) is 10.6 Å². The summed E-state index contributed by atoms with van der Waals surface area (Å²) in [4.78, 5) is 12.2. The first kappa shape index (κ1) is 23.2. The lowest BCUT2D eigenvalue weighted by molar-refractivity contribution is -0.115. The highest BCUT2D eigenvalue weighted by atomic mass is 32.2. The van der Waals surface area contributed by atoms with Gasteiger partial charge in [-0.15, -0.1) is 0 Å². The maximum absolute atomic E-state index is 12.8. The Morgan fingerprint density at radius 2 is 1.56 bits per heavy atom. The molecule has 0 unspecified atom stereocenters. The van der Waals surface area contributed by atoms with Gasteiger partial charge in [0, 0.05) is 18.8 Å². The van der Waals surface area contributed by atoms with Crippen LogP contribution in [-0.2, 0) is 14.8 Å². The number of thiocarbonyl (C=S) groups is 1. The van der Waals surface area contributed by atoms with Crippen molar-refractivity contribution in [1.29, 1.82) is 0 Å². The molecule has 2 N–H and O–H groups in total. The highest BCUT2D eigenvalue weighted by molar-refractivity contribution is 7.92. The molecular formula is C24H23N3O3S2. The van der Waals surface area contributed by atoms with Crippen LogP contribution < -0.4 is 14.9 Å². The van der Waals surface area contributed by atoms with Crippen LogP contribution in [0.15, 0.2) is 89.8 Å². The fourth-order valence-electron chi connectivity index (χ4n) is 2.81. The highest BCUT2D eigenvalue weighted by Crippen LogP contribution is 2.22. The van der Waals surface area contributed by atoms with Crippen molar-refractivity contribution in [2.24, 2.45) is 0 Å². The van der Waals surface area contributed by atoms with E-state index in [1.165, 1.54) is 29.6 Å². The number of amides is 1. The van der Waals surface area contributed by atoms with E-state index in [0.29, 0.717) is 11.4 Å². The fraction of sp³-hybridized carbons (Fsp3) is 0.0833. The number of para-hydroxylation sites is 1. The van der Waals surface area contributed by atoms with Gasteiger partial charge in [-0.3, -0.25) is 14.4 Å². The minimum absolute atomic E-state index is 0.112. The minimum Gasteiger partial charge on any atom is -0.332 e. The van der Waals surface area contributed by atoms with E-state index in [1.54, 1.807) is 42.5 Å². The number of anilines is 2. The molecule has 0 aliphatic carbocycles. The van der Waals surface area contributed by atoms with Crippen LogP contribution >= 0.6 is 12.2 Å². The molecule has 0 saturated heterocycles. The minimum atomic E-state index is -3.70. The third-order valence-electron chi connectivity index (χ3n) is 4.63. The van der Waals surface area contributed by atoms with Gasteiger partial charge in [-0.05, 0) is 67.2 Å². The number of carbonyl (C=O) groups is 1. The molecule has 3 rings (SSSR count). The monoisotopic (exact) mass is 465 g/mol. The number of hydrogen-bond acceptors (Lipinski definition) is 4. The predicted octanol–water partition coefficient (Wildman–Crippen LogP) is 4.35. The molecule has 1 amide bonds. The topological polar surface area (TPSA) is 78.5 Å². The molecule has 0 saturated carbocycles. The van der Waals surface area contributed by atoms with Crippen molar-refractivity contribution < 1.29 is 13.2 Å². The van der Waals surface area contributed by atoms with Crippen LogP contribution in [0.25, 0.3) is 6.08 Å². The van der Waals surface area contributed by atoms with Crippen molar-refractivity contribution in [3.05, 3.63) is 96.1 Å². The molecule has 164 valence electrons. The van der Waals surface area contributed by atoms with Gasteiger partial charge in [-0.2, -0.15) is 0 Å². The maximum atomic E-state index is 12.8.